The van der Waals surface area contributed by atoms with Crippen LogP contribution in [0.4, 0.5) is 0 Å². The smallest absolute Gasteiger partial charge is 0.290 e. The van der Waals surface area contributed by atoms with Gasteiger partial charge in [0.05, 0.1) is 34.0 Å². The second-order valence-electron chi connectivity index (χ2n) is 6.62. The molecular formula is C20H18N2O4S2. The van der Waals surface area contributed by atoms with Crippen molar-refractivity contribution in [2.75, 3.05) is 0 Å². The van der Waals surface area contributed by atoms with Gasteiger partial charge in [-0.15, -0.1) is 22.7 Å². The second kappa shape index (κ2) is 7.03. The largest absolute Gasteiger partial charge is 0.503 e. The van der Waals surface area contributed by atoms with Crippen LogP contribution >= 0.6 is 22.7 Å². The average molecular weight is 415 g/mol. The van der Waals surface area contributed by atoms with E-state index in [0.29, 0.717) is 16.3 Å². The number of amides is 1. The summed E-state index contributed by atoms with van der Waals surface area (Å²) >= 11 is 2.73. The highest BCUT2D eigenvalue weighted by Crippen LogP contribution is 2.43. The van der Waals surface area contributed by atoms with Crippen molar-refractivity contribution in [3.8, 4) is 0 Å². The molecule has 1 atom stereocenters. The van der Waals surface area contributed by atoms with Gasteiger partial charge in [0.2, 0.25) is 5.78 Å². The summed E-state index contributed by atoms with van der Waals surface area (Å²) in [6.45, 7) is 5.68. The van der Waals surface area contributed by atoms with E-state index in [-0.39, 0.29) is 17.9 Å². The number of aromatic nitrogens is 1. The van der Waals surface area contributed by atoms with Gasteiger partial charge >= 0.3 is 0 Å². The Morgan fingerprint density at radius 2 is 2.11 bits per heavy atom. The van der Waals surface area contributed by atoms with Gasteiger partial charge in [-0.3, -0.25) is 9.59 Å². The lowest BCUT2D eigenvalue weighted by atomic mass is 9.98. The number of hydrogen-bond acceptors (Lipinski definition) is 7. The molecule has 8 heteroatoms. The molecule has 0 aliphatic carbocycles. The minimum Gasteiger partial charge on any atom is -0.503 e. The van der Waals surface area contributed by atoms with Crippen LogP contribution in [0.5, 0.6) is 0 Å². The number of thiophene rings is 1. The molecule has 0 fully saturated rings. The molecule has 0 saturated carbocycles. The Balaban J connectivity index is 1.82. The lowest BCUT2D eigenvalue weighted by Gasteiger charge is -2.25. The molecule has 3 aromatic heterocycles. The van der Waals surface area contributed by atoms with Crippen LogP contribution < -0.4 is 0 Å². The van der Waals surface area contributed by atoms with Gasteiger partial charge in [0, 0.05) is 4.88 Å². The van der Waals surface area contributed by atoms with Crippen molar-refractivity contribution in [1.29, 1.82) is 0 Å². The summed E-state index contributed by atoms with van der Waals surface area (Å²) < 4.78 is 5.39. The molecule has 1 aliphatic heterocycles. The summed E-state index contributed by atoms with van der Waals surface area (Å²) in [4.78, 5) is 33.4. The van der Waals surface area contributed by atoms with Crippen LogP contribution in [0.3, 0.4) is 0 Å². The first-order chi connectivity index (χ1) is 13.4. The number of aliphatic hydroxyl groups excluding tert-OH is 1. The molecule has 4 rings (SSSR count). The number of rotatable bonds is 5. The van der Waals surface area contributed by atoms with Gasteiger partial charge in [0.25, 0.3) is 5.91 Å². The topological polar surface area (TPSA) is 83.6 Å². The van der Waals surface area contributed by atoms with Crippen LogP contribution in [0.15, 0.2) is 45.6 Å². The van der Waals surface area contributed by atoms with Gasteiger partial charge in [-0.2, -0.15) is 0 Å². The van der Waals surface area contributed by atoms with Gasteiger partial charge in [-0.05, 0) is 49.9 Å². The molecule has 0 spiro atoms. The molecule has 144 valence electrons. The van der Waals surface area contributed by atoms with E-state index in [2.05, 4.69) is 4.98 Å². The highest BCUT2D eigenvalue weighted by Gasteiger charge is 2.45. The molecule has 1 unspecified atom stereocenters. The standard InChI is InChI=1S/C20H18N2O4S2/c1-10-6-8-27-18(10)15-14(16(23)19-11(2)21-12(3)28-19)17(24)20(25)22(15)9-13-5-4-7-26-13/h4-8,15,24H,9H2,1-3H3. The maximum Gasteiger partial charge on any atom is 0.290 e. The summed E-state index contributed by atoms with van der Waals surface area (Å²) in [5.74, 6) is -0.844. The van der Waals surface area contributed by atoms with Crippen LogP contribution in [0.2, 0.25) is 0 Å². The molecule has 4 heterocycles. The van der Waals surface area contributed by atoms with Crippen molar-refractivity contribution in [1.82, 2.24) is 9.88 Å². The molecule has 1 aliphatic rings. The first-order valence-corrected chi connectivity index (χ1v) is 10.4. The predicted molar refractivity (Wildman–Crippen MR) is 107 cm³/mol. The monoisotopic (exact) mass is 414 g/mol. The fourth-order valence-corrected chi connectivity index (χ4v) is 5.34. The van der Waals surface area contributed by atoms with Crippen LogP contribution in [-0.4, -0.2) is 26.7 Å². The molecule has 0 saturated heterocycles. The van der Waals surface area contributed by atoms with Crippen molar-refractivity contribution in [3.63, 3.8) is 0 Å². The summed E-state index contributed by atoms with van der Waals surface area (Å²) in [5, 5.41) is 13.4. The van der Waals surface area contributed by atoms with Crippen molar-refractivity contribution in [3.05, 3.63) is 73.0 Å². The van der Waals surface area contributed by atoms with Crippen LogP contribution in [0, 0.1) is 20.8 Å². The lowest BCUT2D eigenvalue weighted by molar-refractivity contribution is -0.130. The predicted octanol–water partition coefficient (Wildman–Crippen LogP) is 4.50. The number of nitrogens with zero attached hydrogens (tertiary/aromatic N) is 2. The Morgan fingerprint density at radius 1 is 1.32 bits per heavy atom. The number of thiazole rings is 1. The molecule has 3 aromatic rings. The third-order valence-corrected chi connectivity index (χ3v) is 6.86. The number of Topliss-reactive ketones (excluding diaryl/α,β-unsaturated/α-hetero) is 1. The normalized spacial score (nSPS) is 17.0. The summed E-state index contributed by atoms with van der Waals surface area (Å²) in [5.41, 5.74) is 1.67. The Hall–Kier alpha value is -2.71. The lowest BCUT2D eigenvalue weighted by Crippen LogP contribution is -2.30. The number of ketones is 1. The molecule has 6 nitrogen and oxygen atoms in total. The van der Waals surface area contributed by atoms with Crippen molar-refractivity contribution in [2.24, 2.45) is 0 Å². The minimum absolute atomic E-state index is 0.105. The van der Waals surface area contributed by atoms with Gasteiger partial charge in [0.15, 0.2) is 5.76 Å². The quantitative estimate of drug-likeness (QED) is 0.622. The van der Waals surface area contributed by atoms with E-state index in [1.54, 1.807) is 19.1 Å². The summed E-state index contributed by atoms with van der Waals surface area (Å²) in [6.07, 6.45) is 1.53. The minimum atomic E-state index is -0.660. The highest BCUT2D eigenvalue weighted by atomic mass is 32.1. The first kappa shape index (κ1) is 18.6. The summed E-state index contributed by atoms with van der Waals surface area (Å²) in [7, 11) is 0. The van der Waals surface area contributed by atoms with Crippen molar-refractivity contribution >= 4 is 34.4 Å². The third-order valence-electron chi connectivity index (χ3n) is 4.71. The number of carbonyl (C=O) groups is 2. The number of aryl methyl sites for hydroxylation is 3. The third kappa shape index (κ3) is 2.98. The van der Waals surface area contributed by atoms with E-state index in [9.17, 15) is 14.7 Å². The molecule has 0 radical (unpaired) electrons. The molecule has 1 N–H and O–H groups in total. The Bertz CT molecular complexity index is 1090. The van der Waals surface area contributed by atoms with Crippen molar-refractivity contribution < 1.29 is 19.1 Å². The van der Waals surface area contributed by atoms with Gasteiger partial charge in [0.1, 0.15) is 11.8 Å². The Kier molecular flexibility index (Phi) is 4.68. The molecule has 0 bridgehead atoms. The van der Waals surface area contributed by atoms with E-state index < -0.39 is 17.7 Å². The SMILES string of the molecule is Cc1nc(C)c(C(=O)C2=C(O)C(=O)N(Cc3ccco3)C2c2sccc2C)s1. The molecule has 1 amide bonds. The number of aliphatic hydroxyl groups is 1. The summed E-state index contributed by atoms with van der Waals surface area (Å²) in [6, 6.07) is 4.78. The highest BCUT2D eigenvalue weighted by molar-refractivity contribution is 7.14. The zero-order valence-corrected chi connectivity index (χ0v) is 17.2. The van der Waals surface area contributed by atoms with Crippen LogP contribution in [0.25, 0.3) is 0 Å². The first-order valence-electron chi connectivity index (χ1n) is 8.67. The zero-order valence-electron chi connectivity index (χ0n) is 15.6. The van der Waals surface area contributed by atoms with Gasteiger partial charge in [-0.1, -0.05) is 0 Å². The number of carbonyl (C=O) groups excluding carboxylic acids is 2. The maximum absolute atomic E-state index is 13.4. The Morgan fingerprint density at radius 3 is 2.68 bits per heavy atom. The van der Waals surface area contributed by atoms with E-state index in [1.807, 2.05) is 25.3 Å². The van der Waals surface area contributed by atoms with Crippen LogP contribution in [0.1, 0.15) is 42.6 Å². The molecule has 28 heavy (non-hydrogen) atoms. The number of furan rings is 1. The van der Waals surface area contributed by atoms with E-state index in [0.717, 1.165) is 15.4 Å². The average Bonchev–Trinajstić information content (AvgIpc) is 3.41. The maximum atomic E-state index is 13.4. The Labute approximate surface area is 169 Å². The van der Waals surface area contributed by atoms with E-state index in [4.69, 9.17) is 4.42 Å². The van der Waals surface area contributed by atoms with E-state index >= 15 is 0 Å². The van der Waals surface area contributed by atoms with Gasteiger partial charge in [-0.25, -0.2) is 4.98 Å². The zero-order chi connectivity index (χ0) is 20.0. The fraction of sp³-hybridized carbons (Fsp3) is 0.250. The van der Waals surface area contributed by atoms with Crippen molar-refractivity contribution in [2.45, 2.75) is 33.4 Å². The second-order valence-corrected chi connectivity index (χ2v) is 8.77. The van der Waals surface area contributed by atoms with Gasteiger partial charge < -0.3 is 14.4 Å². The number of hydrogen-bond donors (Lipinski definition) is 1. The van der Waals surface area contributed by atoms with Crippen LogP contribution in [-0.2, 0) is 11.3 Å². The molecular weight excluding hydrogens is 396 g/mol. The van der Waals surface area contributed by atoms with E-state index in [1.165, 1.54) is 33.8 Å². The molecule has 0 aromatic carbocycles. The fourth-order valence-electron chi connectivity index (χ4n) is 3.42.